The Bertz CT molecular complexity index is 450. The van der Waals surface area contributed by atoms with Crippen molar-refractivity contribution in [3.05, 3.63) is 5.89 Å². The number of carbonyl (C=O) groups excluding carboxylic acids is 1. The number of anilines is 1. The molecule has 1 fully saturated rings. The first-order valence-electron chi connectivity index (χ1n) is 6.78. The van der Waals surface area contributed by atoms with Crippen molar-refractivity contribution in [2.75, 3.05) is 18.4 Å². The Hall–Kier alpha value is -1.59. The van der Waals surface area contributed by atoms with Crippen LogP contribution >= 0.6 is 0 Å². The van der Waals surface area contributed by atoms with Crippen LogP contribution in [-0.4, -0.2) is 40.1 Å². The predicted molar refractivity (Wildman–Crippen MR) is 71.9 cm³/mol. The van der Waals surface area contributed by atoms with E-state index >= 15 is 0 Å². The maximum Gasteiger partial charge on any atom is 0.315 e. The number of nitrogens with one attached hydrogen (secondary N) is 1. The fourth-order valence-electron chi connectivity index (χ4n) is 2.11. The summed E-state index contributed by atoms with van der Waals surface area (Å²) in [6.45, 7) is 9.65. The molecule has 6 nitrogen and oxygen atoms in total. The van der Waals surface area contributed by atoms with Gasteiger partial charge in [0.1, 0.15) is 0 Å². The number of amides is 1. The maximum absolute atomic E-state index is 11.7. The molecule has 1 aromatic heterocycles. The van der Waals surface area contributed by atoms with E-state index in [9.17, 15) is 4.79 Å². The van der Waals surface area contributed by atoms with Gasteiger partial charge >= 0.3 is 6.01 Å². The number of nitrogens with zero attached hydrogens (tertiary/aromatic N) is 3. The van der Waals surface area contributed by atoms with Crippen molar-refractivity contribution in [2.24, 2.45) is 0 Å². The predicted octanol–water partition coefficient (Wildman–Crippen LogP) is 1.79. The molecule has 1 aliphatic heterocycles. The first-order valence-corrected chi connectivity index (χ1v) is 6.78. The second kappa shape index (κ2) is 5.19. The zero-order valence-electron chi connectivity index (χ0n) is 12.1. The molecule has 2 rings (SSSR count). The molecule has 0 bridgehead atoms. The molecule has 0 saturated carbocycles. The lowest BCUT2D eigenvalue weighted by molar-refractivity contribution is -0.127. The first kappa shape index (κ1) is 13.8. The van der Waals surface area contributed by atoms with E-state index in [0.717, 1.165) is 13.0 Å². The highest BCUT2D eigenvalue weighted by atomic mass is 16.4. The number of hydrogen-bond donors (Lipinski definition) is 1. The Morgan fingerprint density at radius 1 is 1.42 bits per heavy atom. The van der Waals surface area contributed by atoms with Crippen LogP contribution in [-0.2, 0) is 10.2 Å². The molecular weight excluding hydrogens is 244 g/mol. The minimum Gasteiger partial charge on any atom is -0.408 e. The number of hydrogen-bond acceptors (Lipinski definition) is 5. The molecule has 0 aliphatic carbocycles. The summed E-state index contributed by atoms with van der Waals surface area (Å²) in [6.07, 6.45) is 1.47. The zero-order valence-corrected chi connectivity index (χ0v) is 12.1. The van der Waals surface area contributed by atoms with E-state index in [4.69, 9.17) is 4.42 Å². The lowest BCUT2D eigenvalue weighted by Crippen LogP contribution is -2.28. The highest BCUT2D eigenvalue weighted by molar-refractivity contribution is 5.79. The monoisotopic (exact) mass is 266 g/mol. The first-order chi connectivity index (χ1) is 8.90. The standard InChI is InChI=1S/C13H22N4O2/c1-5-6-17-8-9(7-10(17)18)14-12-16-15-11(19-12)13(2,3)4/h9H,5-8H2,1-4H3,(H,14,16). The van der Waals surface area contributed by atoms with Gasteiger partial charge in [-0.25, -0.2) is 0 Å². The molecule has 1 N–H and O–H groups in total. The minimum atomic E-state index is -0.160. The molecule has 1 atom stereocenters. The second-order valence-corrected chi connectivity index (χ2v) is 6.05. The molecule has 1 unspecified atom stereocenters. The number of rotatable bonds is 4. The molecule has 2 heterocycles. The second-order valence-electron chi connectivity index (χ2n) is 6.05. The summed E-state index contributed by atoms with van der Waals surface area (Å²) in [6, 6.07) is 0.466. The summed E-state index contributed by atoms with van der Waals surface area (Å²) in [5.41, 5.74) is -0.160. The summed E-state index contributed by atoms with van der Waals surface area (Å²) in [5, 5.41) is 11.2. The Morgan fingerprint density at radius 3 is 2.74 bits per heavy atom. The van der Waals surface area contributed by atoms with E-state index in [1.54, 1.807) is 0 Å². The van der Waals surface area contributed by atoms with Gasteiger partial charge < -0.3 is 14.6 Å². The minimum absolute atomic E-state index is 0.0623. The fraction of sp³-hybridized carbons (Fsp3) is 0.769. The van der Waals surface area contributed by atoms with Crippen LogP contribution in [0.3, 0.4) is 0 Å². The molecular formula is C13H22N4O2. The van der Waals surface area contributed by atoms with Crippen molar-refractivity contribution in [3.63, 3.8) is 0 Å². The van der Waals surface area contributed by atoms with E-state index in [1.807, 2.05) is 25.7 Å². The Kier molecular flexibility index (Phi) is 3.78. The largest absolute Gasteiger partial charge is 0.408 e. The average Bonchev–Trinajstić information content (AvgIpc) is 2.87. The zero-order chi connectivity index (χ0) is 14.0. The van der Waals surface area contributed by atoms with Crippen molar-refractivity contribution in [1.82, 2.24) is 15.1 Å². The summed E-state index contributed by atoms with van der Waals surface area (Å²) in [7, 11) is 0. The van der Waals surface area contributed by atoms with Gasteiger partial charge in [-0.1, -0.05) is 32.8 Å². The van der Waals surface area contributed by atoms with Crippen molar-refractivity contribution in [3.8, 4) is 0 Å². The topological polar surface area (TPSA) is 71.3 Å². The van der Waals surface area contributed by atoms with Gasteiger partial charge in [0.05, 0.1) is 6.04 Å². The summed E-state index contributed by atoms with van der Waals surface area (Å²) in [5.74, 6) is 0.791. The van der Waals surface area contributed by atoms with Gasteiger partial charge in [-0.05, 0) is 6.42 Å². The highest BCUT2D eigenvalue weighted by Gasteiger charge is 2.30. The van der Waals surface area contributed by atoms with Gasteiger partial charge in [-0.3, -0.25) is 4.79 Å². The molecule has 6 heteroatoms. The summed E-state index contributed by atoms with van der Waals surface area (Å²) in [4.78, 5) is 13.6. The van der Waals surface area contributed by atoms with E-state index < -0.39 is 0 Å². The van der Waals surface area contributed by atoms with Crippen LogP contribution in [0, 0.1) is 0 Å². The Labute approximate surface area is 113 Å². The molecule has 19 heavy (non-hydrogen) atoms. The number of carbonyl (C=O) groups is 1. The van der Waals surface area contributed by atoms with Gasteiger partial charge in [-0.2, -0.15) is 0 Å². The molecule has 106 valence electrons. The van der Waals surface area contributed by atoms with E-state index in [2.05, 4.69) is 22.4 Å². The van der Waals surface area contributed by atoms with Gasteiger partial charge in [0.25, 0.3) is 0 Å². The molecule has 0 aromatic carbocycles. The number of aromatic nitrogens is 2. The smallest absolute Gasteiger partial charge is 0.315 e. The third kappa shape index (κ3) is 3.24. The van der Waals surface area contributed by atoms with Crippen LogP contribution in [0.4, 0.5) is 6.01 Å². The third-order valence-corrected chi connectivity index (χ3v) is 3.10. The van der Waals surface area contributed by atoms with Crippen molar-refractivity contribution >= 4 is 11.9 Å². The Balaban J connectivity index is 1.96. The van der Waals surface area contributed by atoms with Crippen molar-refractivity contribution < 1.29 is 9.21 Å². The molecule has 1 aliphatic rings. The average molecular weight is 266 g/mol. The summed E-state index contributed by atoms with van der Waals surface area (Å²) < 4.78 is 5.58. The molecule has 0 radical (unpaired) electrons. The van der Waals surface area contributed by atoms with Crippen molar-refractivity contribution in [1.29, 1.82) is 0 Å². The SMILES string of the molecule is CCCN1CC(Nc2nnc(C(C)(C)C)o2)CC1=O. The maximum atomic E-state index is 11.7. The quantitative estimate of drug-likeness (QED) is 0.899. The summed E-state index contributed by atoms with van der Waals surface area (Å²) >= 11 is 0. The van der Waals surface area contributed by atoms with Gasteiger partial charge in [0, 0.05) is 24.9 Å². The lowest BCUT2D eigenvalue weighted by atomic mass is 9.97. The molecule has 1 aromatic rings. The van der Waals surface area contributed by atoms with Crippen LogP contribution in [0.15, 0.2) is 4.42 Å². The molecule has 1 saturated heterocycles. The van der Waals surface area contributed by atoms with Crippen LogP contribution in [0.5, 0.6) is 0 Å². The van der Waals surface area contributed by atoms with Crippen molar-refractivity contribution in [2.45, 2.75) is 52.0 Å². The van der Waals surface area contributed by atoms with Gasteiger partial charge in [-0.15, -0.1) is 5.10 Å². The third-order valence-electron chi connectivity index (χ3n) is 3.10. The molecule has 1 amide bonds. The highest BCUT2D eigenvalue weighted by Crippen LogP contribution is 2.23. The van der Waals surface area contributed by atoms with E-state index in [1.165, 1.54) is 0 Å². The lowest BCUT2D eigenvalue weighted by Gasteiger charge is -2.15. The fourth-order valence-corrected chi connectivity index (χ4v) is 2.11. The van der Waals surface area contributed by atoms with Gasteiger partial charge in [0.2, 0.25) is 11.8 Å². The van der Waals surface area contributed by atoms with E-state index in [0.29, 0.717) is 24.9 Å². The number of likely N-dealkylation sites (tertiary alicyclic amines) is 1. The normalized spacial score (nSPS) is 20.1. The van der Waals surface area contributed by atoms with E-state index in [-0.39, 0.29) is 17.4 Å². The van der Waals surface area contributed by atoms with Gasteiger partial charge in [0.15, 0.2) is 0 Å². The van der Waals surface area contributed by atoms with Crippen LogP contribution in [0.2, 0.25) is 0 Å². The Morgan fingerprint density at radius 2 is 2.16 bits per heavy atom. The van der Waals surface area contributed by atoms with Crippen LogP contribution < -0.4 is 5.32 Å². The van der Waals surface area contributed by atoms with Crippen LogP contribution in [0.25, 0.3) is 0 Å². The van der Waals surface area contributed by atoms with Crippen LogP contribution in [0.1, 0.15) is 46.4 Å². The molecule has 0 spiro atoms.